The highest BCUT2D eigenvalue weighted by Gasteiger charge is 2.26. The Balaban J connectivity index is 1.51. The summed E-state index contributed by atoms with van der Waals surface area (Å²) in [6.07, 6.45) is 0.780. The zero-order chi connectivity index (χ0) is 15.5. The van der Waals surface area contributed by atoms with Crippen LogP contribution in [0.2, 0.25) is 0 Å². The van der Waals surface area contributed by atoms with Gasteiger partial charge in [0.1, 0.15) is 0 Å². The molecule has 22 heavy (non-hydrogen) atoms. The second-order valence-corrected chi connectivity index (χ2v) is 5.61. The van der Waals surface area contributed by atoms with Crippen LogP contribution >= 0.6 is 0 Å². The maximum atomic E-state index is 5.57. The maximum Gasteiger partial charge on any atom is 0.243 e. The van der Waals surface area contributed by atoms with E-state index >= 15 is 0 Å². The van der Waals surface area contributed by atoms with Crippen LogP contribution < -0.4 is 0 Å². The largest absolute Gasteiger partial charge is 0.424 e. The summed E-state index contributed by atoms with van der Waals surface area (Å²) in [5, 5.41) is 11.9. The molecular formula is C14H22N6O2. The van der Waals surface area contributed by atoms with Gasteiger partial charge in [0.15, 0.2) is 5.82 Å². The van der Waals surface area contributed by atoms with Crippen molar-refractivity contribution in [3.05, 3.63) is 23.5 Å². The van der Waals surface area contributed by atoms with Gasteiger partial charge in [0.2, 0.25) is 17.7 Å². The van der Waals surface area contributed by atoms with E-state index in [-0.39, 0.29) is 6.04 Å². The summed E-state index contributed by atoms with van der Waals surface area (Å²) in [5.41, 5.74) is 0. The Morgan fingerprint density at radius 3 is 2.45 bits per heavy atom. The minimum Gasteiger partial charge on any atom is -0.424 e. The Morgan fingerprint density at radius 2 is 1.86 bits per heavy atom. The highest BCUT2D eigenvalue weighted by Crippen LogP contribution is 2.20. The molecule has 2 aromatic heterocycles. The van der Waals surface area contributed by atoms with Crippen molar-refractivity contribution in [3.63, 3.8) is 0 Å². The van der Waals surface area contributed by atoms with Crippen molar-refractivity contribution < 1.29 is 8.94 Å². The molecule has 0 bridgehead atoms. The highest BCUT2D eigenvalue weighted by atomic mass is 16.5. The number of nitrogens with zero attached hydrogens (tertiary/aromatic N) is 6. The van der Waals surface area contributed by atoms with Gasteiger partial charge in [0.25, 0.3) is 0 Å². The predicted octanol–water partition coefficient (Wildman–Crippen LogP) is 1.20. The number of piperazine rings is 1. The first-order chi connectivity index (χ1) is 10.7. The molecule has 0 aliphatic carbocycles. The van der Waals surface area contributed by atoms with Gasteiger partial charge in [-0.15, -0.1) is 10.2 Å². The average Bonchev–Trinajstić information content (AvgIpc) is 3.16. The van der Waals surface area contributed by atoms with E-state index in [2.05, 4.69) is 37.1 Å². The van der Waals surface area contributed by atoms with E-state index in [0.717, 1.165) is 39.1 Å². The zero-order valence-corrected chi connectivity index (χ0v) is 13.3. The zero-order valence-electron chi connectivity index (χ0n) is 13.3. The lowest BCUT2D eigenvalue weighted by Crippen LogP contribution is -2.46. The van der Waals surface area contributed by atoms with Crippen LogP contribution in [-0.2, 0) is 13.0 Å². The van der Waals surface area contributed by atoms with Gasteiger partial charge in [0, 0.05) is 32.6 Å². The summed E-state index contributed by atoms with van der Waals surface area (Å²) in [6, 6.07) is 0.151. The van der Waals surface area contributed by atoms with Crippen molar-refractivity contribution in [1.29, 1.82) is 0 Å². The van der Waals surface area contributed by atoms with E-state index in [9.17, 15) is 0 Å². The molecule has 0 N–H and O–H groups in total. The Hall–Kier alpha value is -1.80. The molecule has 1 saturated heterocycles. The first-order valence-corrected chi connectivity index (χ1v) is 7.73. The van der Waals surface area contributed by atoms with Crippen LogP contribution in [0.25, 0.3) is 0 Å². The maximum absolute atomic E-state index is 5.57. The van der Waals surface area contributed by atoms with E-state index in [0.29, 0.717) is 23.5 Å². The fraction of sp³-hybridized carbons (Fsp3) is 0.714. The van der Waals surface area contributed by atoms with E-state index in [1.807, 2.05) is 13.8 Å². The molecule has 0 radical (unpaired) electrons. The Bertz CT molecular complexity index is 602. The van der Waals surface area contributed by atoms with E-state index in [1.54, 1.807) is 0 Å². The minimum atomic E-state index is 0.151. The van der Waals surface area contributed by atoms with E-state index in [4.69, 9.17) is 8.94 Å². The molecule has 1 aliphatic heterocycles. The molecular weight excluding hydrogens is 284 g/mol. The molecule has 1 aliphatic rings. The number of hydrogen-bond acceptors (Lipinski definition) is 8. The average molecular weight is 306 g/mol. The van der Waals surface area contributed by atoms with Gasteiger partial charge in [-0.2, -0.15) is 4.98 Å². The van der Waals surface area contributed by atoms with Crippen LogP contribution in [0.1, 0.15) is 43.4 Å². The summed E-state index contributed by atoms with van der Waals surface area (Å²) in [7, 11) is 0. The molecule has 0 amide bonds. The first-order valence-electron chi connectivity index (χ1n) is 7.73. The molecule has 0 saturated carbocycles. The van der Waals surface area contributed by atoms with Crippen molar-refractivity contribution in [3.8, 4) is 0 Å². The molecule has 1 unspecified atom stereocenters. The fourth-order valence-electron chi connectivity index (χ4n) is 2.63. The van der Waals surface area contributed by atoms with Crippen molar-refractivity contribution in [2.75, 3.05) is 26.2 Å². The van der Waals surface area contributed by atoms with Crippen LogP contribution in [0.15, 0.2) is 8.94 Å². The van der Waals surface area contributed by atoms with Gasteiger partial charge in [-0.1, -0.05) is 12.1 Å². The van der Waals surface area contributed by atoms with Gasteiger partial charge in [-0.25, -0.2) is 0 Å². The Labute approximate surface area is 129 Å². The number of hydrogen-bond donors (Lipinski definition) is 0. The highest BCUT2D eigenvalue weighted by molar-refractivity contribution is 4.92. The molecule has 0 aromatic carbocycles. The van der Waals surface area contributed by atoms with Gasteiger partial charge < -0.3 is 8.94 Å². The van der Waals surface area contributed by atoms with Crippen LogP contribution in [0, 0.1) is 6.92 Å². The molecule has 1 atom stereocenters. The van der Waals surface area contributed by atoms with Crippen molar-refractivity contribution in [2.24, 2.45) is 0 Å². The van der Waals surface area contributed by atoms with Gasteiger partial charge in [-0.05, 0) is 13.8 Å². The molecule has 8 nitrogen and oxygen atoms in total. The van der Waals surface area contributed by atoms with Crippen LogP contribution in [0.4, 0.5) is 0 Å². The van der Waals surface area contributed by atoms with Crippen molar-refractivity contribution >= 4 is 0 Å². The van der Waals surface area contributed by atoms with Gasteiger partial charge in [-0.3, -0.25) is 9.80 Å². The summed E-state index contributed by atoms with van der Waals surface area (Å²) < 4.78 is 10.8. The summed E-state index contributed by atoms with van der Waals surface area (Å²) in [6.45, 7) is 10.5. The van der Waals surface area contributed by atoms with Crippen molar-refractivity contribution in [1.82, 2.24) is 30.1 Å². The Kier molecular flexibility index (Phi) is 4.49. The molecule has 3 heterocycles. The topological polar surface area (TPSA) is 84.3 Å². The molecule has 0 spiro atoms. The minimum absolute atomic E-state index is 0.151. The van der Waals surface area contributed by atoms with Crippen LogP contribution in [-0.4, -0.2) is 56.3 Å². The standard InChI is InChI=1S/C14H22N6O2/c1-4-12-16-17-13(21-12)9-19-5-7-20(8-6-19)10(2)14-15-11(3)18-22-14/h10H,4-9H2,1-3H3. The SMILES string of the molecule is CCc1nnc(CN2CCN(C(C)c3nc(C)no3)CC2)o1. The van der Waals surface area contributed by atoms with E-state index in [1.165, 1.54) is 0 Å². The third-order valence-corrected chi connectivity index (χ3v) is 4.03. The predicted molar refractivity (Wildman–Crippen MR) is 78.0 cm³/mol. The van der Waals surface area contributed by atoms with Crippen LogP contribution in [0.3, 0.4) is 0 Å². The number of aromatic nitrogens is 4. The molecule has 3 rings (SSSR count). The lowest BCUT2D eigenvalue weighted by molar-refractivity contribution is 0.0796. The summed E-state index contributed by atoms with van der Waals surface area (Å²) in [4.78, 5) is 9.00. The van der Waals surface area contributed by atoms with Gasteiger partial charge in [0.05, 0.1) is 12.6 Å². The van der Waals surface area contributed by atoms with Crippen molar-refractivity contribution in [2.45, 2.75) is 39.8 Å². The summed E-state index contributed by atoms with van der Waals surface area (Å²) >= 11 is 0. The Morgan fingerprint density at radius 1 is 1.14 bits per heavy atom. The van der Waals surface area contributed by atoms with Crippen LogP contribution in [0.5, 0.6) is 0 Å². The second-order valence-electron chi connectivity index (χ2n) is 5.61. The quantitative estimate of drug-likeness (QED) is 0.815. The molecule has 1 fully saturated rings. The molecule has 2 aromatic rings. The molecule has 8 heteroatoms. The lowest BCUT2D eigenvalue weighted by Gasteiger charge is -2.36. The molecule has 120 valence electrons. The number of rotatable bonds is 5. The van der Waals surface area contributed by atoms with E-state index < -0.39 is 0 Å². The normalized spacial score (nSPS) is 18.7. The smallest absolute Gasteiger partial charge is 0.243 e. The monoisotopic (exact) mass is 306 g/mol. The number of aryl methyl sites for hydroxylation is 2. The third kappa shape index (κ3) is 3.33. The lowest BCUT2D eigenvalue weighted by atomic mass is 10.2. The third-order valence-electron chi connectivity index (χ3n) is 4.03. The summed E-state index contributed by atoms with van der Waals surface area (Å²) in [5.74, 6) is 2.78. The second kappa shape index (κ2) is 6.53. The van der Waals surface area contributed by atoms with Gasteiger partial charge >= 0.3 is 0 Å². The first kappa shape index (κ1) is 15.1. The fourth-order valence-corrected chi connectivity index (χ4v) is 2.63.